The lowest BCUT2D eigenvalue weighted by molar-refractivity contribution is -0.122. The predicted molar refractivity (Wildman–Crippen MR) is 117 cm³/mol. The van der Waals surface area contributed by atoms with Crippen LogP contribution in [-0.2, 0) is 9.59 Å². The number of nitrogens with zero attached hydrogens (tertiary/aromatic N) is 1. The summed E-state index contributed by atoms with van der Waals surface area (Å²) in [6.07, 6.45) is 2.67. The third kappa shape index (κ3) is 4.38. The standard InChI is InChI=1S/C24H18N2O7/c1-14-5-3-6-16(11-14)26-22(28)17(21(27)25-24(26)30)12-15-8-9-18(20(13-15)31-2)33-23(29)19-7-4-10-32-19/h3-13H,1-2H3,(H,25,27,30)/b17-12+. The minimum Gasteiger partial charge on any atom is -0.493 e. The number of ether oxygens (including phenoxy) is 2. The van der Waals surface area contributed by atoms with E-state index in [0.717, 1.165) is 10.5 Å². The van der Waals surface area contributed by atoms with E-state index in [4.69, 9.17) is 13.9 Å². The lowest BCUT2D eigenvalue weighted by atomic mass is 10.1. The number of amides is 4. The van der Waals surface area contributed by atoms with Crippen molar-refractivity contribution in [2.24, 2.45) is 0 Å². The Morgan fingerprint density at radius 2 is 1.85 bits per heavy atom. The second kappa shape index (κ2) is 8.83. The van der Waals surface area contributed by atoms with Gasteiger partial charge >= 0.3 is 12.0 Å². The molecule has 166 valence electrons. The van der Waals surface area contributed by atoms with Gasteiger partial charge < -0.3 is 13.9 Å². The van der Waals surface area contributed by atoms with Gasteiger partial charge in [-0.2, -0.15) is 0 Å². The summed E-state index contributed by atoms with van der Waals surface area (Å²) in [5.74, 6) is -1.95. The maximum atomic E-state index is 13.0. The fourth-order valence-corrected chi connectivity index (χ4v) is 3.23. The average Bonchev–Trinajstić information content (AvgIpc) is 3.32. The number of carbonyl (C=O) groups excluding carboxylic acids is 4. The normalized spacial score (nSPS) is 14.9. The molecule has 33 heavy (non-hydrogen) atoms. The first-order valence-electron chi connectivity index (χ1n) is 9.79. The van der Waals surface area contributed by atoms with Crippen molar-refractivity contribution < 1.29 is 33.1 Å². The van der Waals surface area contributed by atoms with Gasteiger partial charge in [-0.3, -0.25) is 14.9 Å². The molecule has 0 radical (unpaired) electrons. The number of esters is 1. The van der Waals surface area contributed by atoms with Crippen LogP contribution >= 0.6 is 0 Å². The van der Waals surface area contributed by atoms with Crippen LogP contribution in [0.25, 0.3) is 6.08 Å². The van der Waals surface area contributed by atoms with Crippen LogP contribution in [0, 0.1) is 6.92 Å². The van der Waals surface area contributed by atoms with Crippen molar-refractivity contribution in [2.75, 3.05) is 12.0 Å². The van der Waals surface area contributed by atoms with Crippen molar-refractivity contribution in [1.29, 1.82) is 0 Å². The maximum Gasteiger partial charge on any atom is 0.379 e. The van der Waals surface area contributed by atoms with Crippen LogP contribution in [0.1, 0.15) is 21.7 Å². The topological polar surface area (TPSA) is 115 Å². The van der Waals surface area contributed by atoms with Crippen LogP contribution in [0.3, 0.4) is 0 Å². The molecule has 0 aliphatic carbocycles. The number of carbonyl (C=O) groups is 4. The predicted octanol–water partition coefficient (Wildman–Crippen LogP) is 3.48. The molecule has 2 heterocycles. The van der Waals surface area contributed by atoms with Crippen molar-refractivity contribution in [1.82, 2.24) is 5.32 Å². The Morgan fingerprint density at radius 3 is 2.55 bits per heavy atom. The highest BCUT2D eigenvalue weighted by Crippen LogP contribution is 2.30. The number of rotatable bonds is 5. The number of aryl methyl sites for hydroxylation is 1. The highest BCUT2D eigenvalue weighted by atomic mass is 16.6. The molecule has 1 aliphatic heterocycles. The molecule has 3 aromatic rings. The first-order chi connectivity index (χ1) is 15.9. The number of furan rings is 1. The van der Waals surface area contributed by atoms with Crippen molar-refractivity contribution >= 4 is 35.6 Å². The van der Waals surface area contributed by atoms with E-state index in [1.54, 1.807) is 24.3 Å². The van der Waals surface area contributed by atoms with Crippen LogP contribution in [0.5, 0.6) is 11.5 Å². The Hall–Kier alpha value is -4.66. The van der Waals surface area contributed by atoms with E-state index in [1.807, 2.05) is 13.0 Å². The molecule has 9 nitrogen and oxygen atoms in total. The number of hydrogen-bond acceptors (Lipinski definition) is 7. The van der Waals surface area contributed by atoms with Gasteiger partial charge in [-0.1, -0.05) is 18.2 Å². The van der Waals surface area contributed by atoms with Crippen LogP contribution in [0.4, 0.5) is 10.5 Å². The third-order valence-electron chi connectivity index (χ3n) is 4.79. The van der Waals surface area contributed by atoms with Crippen LogP contribution in [0.2, 0.25) is 0 Å². The molecule has 1 N–H and O–H groups in total. The molecule has 1 saturated heterocycles. The summed E-state index contributed by atoms with van der Waals surface area (Å²) in [6.45, 7) is 1.82. The van der Waals surface area contributed by atoms with Gasteiger partial charge in [0.1, 0.15) is 5.57 Å². The number of hydrogen-bond donors (Lipinski definition) is 1. The summed E-state index contributed by atoms with van der Waals surface area (Å²) in [6, 6.07) is 13.5. The summed E-state index contributed by atoms with van der Waals surface area (Å²) in [4.78, 5) is 50.8. The summed E-state index contributed by atoms with van der Waals surface area (Å²) < 4.78 is 15.6. The quantitative estimate of drug-likeness (QED) is 0.276. The highest BCUT2D eigenvalue weighted by Gasteiger charge is 2.36. The molecule has 0 saturated carbocycles. The zero-order valence-electron chi connectivity index (χ0n) is 17.7. The summed E-state index contributed by atoms with van der Waals surface area (Å²) in [5, 5.41) is 2.18. The monoisotopic (exact) mass is 446 g/mol. The van der Waals surface area contributed by atoms with Gasteiger partial charge in [-0.15, -0.1) is 0 Å². The number of methoxy groups -OCH3 is 1. The SMILES string of the molecule is COc1cc(/C=C2\C(=O)NC(=O)N(c3cccc(C)c3)C2=O)ccc1OC(=O)c1ccco1. The van der Waals surface area contributed by atoms with Gasteiger partial charge in [-0.05, 0) is 60.5 Å². The molecular formula is C24H18N2O7. The van der Waals surface area contributed by atoms with E-state index in [-0.39, 0.29) is 22.8 Å². The largest absolute Gasteiger partial charge is 0.493 e. The Labute approximate surface area is 188 Å². The van der Waals surface area contributed by atoms with Gasteiger partial charge in [0.2, 0.25) is 5.76 Å². The van der Waals surface area contributed by atoms with Gasteiger partial charge in [0, 0.05) is 0 Å². The molecule has 2 aromatic carbocycles. The van der Waals surface area contributed by atoms with E-state index in [1.165, 1.54) is 43.7 Å². The first kappa shape index (κ1) is 21.6. The zero-order chi connectivity index (χ0) is 23.5. The van der Waals surface area contributed by atoms with Crippen molar-refractivity contribution in [3.8, 4) is 11.5 Å². The molecule has 4 amide bonds. The van der Waals surface area contributed by atoms with E-state index in [2.05, 4.69) is 5.32 Å². The van der Waals surface area contributed by atoms with E-state index >= 15 is 0 Å². The lowest BCUT2D eigenvalue weighted by Gasteiger charge is -2.26. The second-order valence-corrected chi connectivity index (χ2v) is 7.07. The fourth-order valence-electron chi connectivity index (χ4n) is 3.23. The van der Waals surface area contributed by atoms with E-state index < -0.39 is 23.8 Å². The number of anilines is 1. The summed E-state index contributed by atoms with van der Waals surface area (Å²) in [5.41, 5.74) is 1.37. The second-order valence-electron chi connectivity index (χ2n) is 7.07. The summed E-state index contributed by atoms with van der Waals surface area (Å²) >= 11 is 0. The van der Waals surface area contributed by atoms with Gasteiger partial charge in [0.25, 0.3) is 11.8 Å². The molecule has 0 bridgehead atoms. The Balaban J connectivity index is 1.64. The van der Waals surface area contributed by atoms with Crippen molar-refractivity contribution in [3.05, 3.63) is 83.3 Å². The molecule has 1 aromatic heterocycles. The molecule has 0 unspecified atom stereocenters. The molecule has 1 aliphatic rings. The van der Waals surface area contributed by atoms with Gasteiger partial charge in [-0.25, -0.2) is 14.5 Å². The Kier molecular flexibility index (Phi) is 5.77. The minimum absolute atomic E-state index is 0.0219. The smallest absolute Gasteiger partial charge is 0.379 e. The average molecular weight is 446 g/mol. The third-order valence-corrected chi connectivity index (χ3v) is 4.79. The van der Waals surface area contributed by atoms with Crippen LogP contribution in [-0.4, -0.2) is 30.9 Å². The van der Waals surface area contributed by atoms with Crippen molar-refractivity contribution in [3.63, 3.8) is 0 Å². The Bertz CT molecular complexity index is 1290. The van der Waals surface area contributed by atoms with E-state index in [9.17, 15) is 19.2 Å². The number of imide groups is 2. The number of benzene rings is 2. The minimum atomic E-state index is -0.828. The van der Waals surface area contributed by atoms with Crippen LogP contribution in [0.15, 0.2) is 70.9 Å². The Morgan fingerprint density at radius 1 is 1.03 bits per heavy atom. The number of urea groups is 1. The molecule has 9 heteroatoms. The lowest BCUT2D eigenvalue weighted by Crippen LogP contribution is -2.54. The van der Waals surface area contributed by atoms with Gasteiger partial charge in [0.15, 0.2) is 11.5 Å². The number of nitrogens with one attached hydrogen (secondary N) is 1. The molecule has 4 rings (SSSR count). The number of barbiturate groups is 1. The van der Waals surface area contributed by atoms with Crippen LogP contribution < -0.4 is 19.7 Å². The van der Waals surface area contributed by atoms with Crippen molar-refractivity contribution in [2.45, 2.75) is 6.92 Å². The zero-order valence-corrected chi connectivity index (χ0v) is 17.7. The maximum absolute atomic E-state index is 13.0. The van der Waals surface area contributed by atoms with E-state index in [0.29, 0.717) is 11.3 Å². The molecule has 1 fully saturated rings. The first-order valence-corrected chi connectivity index (χ1v) is 9.79. The fraction of sp³-hybridized carbons (Fsp3) is 0.0833. The highest BCUT2D eigenvalue weighted by molar-refractivity contribution is 6.39. The summed E-state index contributed by atoms with van der Waals surface area (Å²) in [7, 11) is 1.38. The molecule has 0 spiro atoms. The van der Waals surface area contributed by atoms with Gasteiger partial charge in [0.05, 0.1) is 19.1 Å². The molecule has 0 atom stereocenters. The molecular weight excluding hydrogens is 428 g/mol.